The van der Waals surface area contributed by atoms with Crippen LogP contribution in [0, 0.1) is 0 Å². The lowest BCUT2D eigenvalue weighted by atomic mass is 10.3. The number of unbranched alkanes of at least 4 members (excludes halogenated alkanes) is 1. The van der Waals surface area contributed by atoms with Crippen molar-refractivity contribution in [2.45, 2.75) is 57.0 Å². The van der Waals surface area contributed by atoms with Crippen LogP contribution < -0.4 is 17.1 Å². The first-order valence-electron chi connectivity index (χ1n) is 12.5. The highest BCUT2D eigenvalue weighted by atomic mass is 28.4. The summed E-state index contributed by atoms with van der Waals surface area (Å²) >= 11 is 0. The van der Waals surface area contributed by atoms with Gasteiger partial charge in [-0.3, -0.25) is 0 Å². The highest BCUT2D eigenvalue weighted by Gasteiger charge is 2.38. The van der Waals surface area contributed by atoms with Crippen LogP contribution in [0.3, 0.4) is 0 Å². The summed E-state index contributed by atoms with van der Waals surface area (Å²) in [7, 11) is 3.03. The molecule has 0 radical (unpaired) electrons. The van der Waals surface area contributed by atoms with Gasteiger partial charge < -0.3 is 40.5 Å². The van der Waals surface area contributed by atoms with Crippen LogP contribution in [0.4, 0.5) is 0 Å². The molecule has 1 N–H and O–H groups in total. The van der Waals surface area contributed by atoms with E-state index in [4.69, 9.17) is 35.4 Å². The van der Waals surface area contributed by atoms with Crippen molar-refractivity contribution in [3.05, 3.63) is 31.5 Å². The van der Waals surface area contributed by atoms with E-state index in [2.05, 4.69) is 0 Å². The van der Waals surface area contributed by atoms with Crippen molar-refractivity contribution in [2.24, 2.45) is 0 Å². The third kappa shape index (κ3) is 8.84. The number of aromatic nitrogens is 3. The molecule has 0 saturated carbocycles. The zero-order chi connectivity index (χ0) is 29.7. The minimum atomic E-state index is -3.05. The molecule has 0 saturated heterocycles. The van der Waals surface area contributed by atoms with E-state index in [1.54, 1.807) is 0 Å². The molecule has 0 spiro atoms. The maximum absolute atomic E-state index is 13.3. The molecule has 0 aliphatic rings. The van der Waals surface area contributed by atoms with Crippen LogP contribution in [-0.4, -0.2) is 108 Å². The predicted molar refractivity (Wildman–Crippen MR) is 148 cm³/mol. The molecule has 15 nitrogen and oxygen atoms in total. The largest absolute Gasteiger partial charge is 0.500 e. The molecule has 1 aromatic heterocycles. The van der Waals surface area contributed by atoms with E-state index in [0.717, 1.165) is 13.7 Å². The zero-order valence-corrected chi connectivity index (χ0v) is 27.4. The van der Waals surface area contributed by atoms with Crippen molar-refractivity contribution in [3.63, 3.8) is 0 Å². The molecule has 1 rings (SSSR count). The molecular formula is C21H45N3O12Si3. The molecule has 0 aliphatic carbocycles. The van der Waals surface area contributed by atoms with Gasteiger partial charge in [0.15, 0.2) is 0 Å². The Hall–Kier alpha value is -1.30. The van der Waals surface area contributed by atoms with Crippen molar-refractivity contribution >= 4 is 26.2 Å². The summed E-state index contributed by atoms with van der Waals surface area (Å²) in [5.41, 5.74) is -2.20. The van der Waals surface area contributed by atoms with Gasteiger partial charge in [0.05, 0.1) is 6.23 Å². The second-order valence-corrected chi connectivity index (χ2v) is 18.3. The Morgan fingerprint density at radius 1 is 0.513 bits per heavy atom. The SMILES string of the molecule is CO[Si](CO)(CCn1c(=O)n(CCCC[Si](OC)(OC)OC)c(=O)n(CCC[Si](OC)(OC)OC)c1=O)OC. The van der Waals surface area contributed by atoms with Gasteiger partial charge in [-0.15, -0.1) is 0 Å². The maximum atomic E-state index is 13.3. The molecule has 0 bridgehead atoms. The van der Waals surface area contributed by atoms with E-state index in [1.165, 1.54) is 56.9 Å². The third-order valence-electron chi connectivity index (χ3n) is 6.93. The van der Waals surface area contributed by atoms with Gasteiger partial charge in [-0.05, 0) is 19.3 Å². The van der Waals surface area contributed by atoms with E-state index in [9.17, 15) is 19.5 Å². The lowest BCUT2D eigenvalue weighted by molar-refractivity contribution is 0.122. The van der Waals surface area contributed by atoms with E-state index in [0.29, 0.717) is 31.4 Å². The Labute approximate surface area is 232 Å². The first kappa shape index (κ1) is 35.7. The topological polar surface area (TPSA) is 160 Å². The lowest BCUT2D eigenvalue weighted by Crippen LogP contribution is -2.56. The molecular weight excluding hydrogens is 570 g/mol. The second kappa shape index (κ2) is 16.8. The Morgan fingerprint density at radius 2 is 0.872 bits per heavy atom. The number of aliphatic hydroxyl groups is 1. The maximum Gasteiger partial charge on any atom is 0.500 e. The van der Waals surface area contributed by atoms with Gasteiger partial charge in [-0.1, -0.05) is 0 Å². The van der Waals surface area contributed by atoms with Crippen LogP contribution in [0.25, 0.3) is 0 Å². The van der Waals surface area contributed by atoms with Crippen LogP contribution in [0.1, 0.15) is 19.3 Å². The number of nitrogens with zero attached hydrogens (tertiary/aromatic N) is 3. The molecule has 0 aromatic carbocycles. The van der Waals surface area contributed by atoms with E-state index < -0.39 is 43.2 Å². The monoisotopic (exact) mass is 615 g/mol. The summed E-state index contributed by atoms with van der Waals surface area (Å²) in [6.07, 6.45) is 0.982. The summed E-state index contributed by atoms with van der Waals surface area (Å²) in [5, 5.41) is 9.81. The minimum Gasteiger partial charge on any atom is -0.396 e. The number of hydrogen-bond donors (Lipinski definition) is 1. The van der Waals surface area contributed by atoms with Crippen molar-refractivity contribution in [1.29, 1.82) is 0 Å². The fourth-order valence-corrected chi connectivity index (χ4v) is 9.27. The average molecular weight is 616 g/mol. The fourth-order valence-electron chi connectivity index (χ4n) is 4.21. The summed E-state index contributed by atoms with van der Waals surface area (Å²) in [6.45, 7) is 0.00289. The standard InChI is InChI=1S/C21H45N3O12Si3/c1-29-37(18-25,30-2)17-14-24-20(27)22(12-9-10-15-38(31-3,32-4)33-5)19(26)23(21(24)28)13-11-16-39(34-6,35-7)36-8/h25H,9-18H2,1-8H3. The predicted octanol–water partition coefficient (Wildman–Crippen LogP) is -0.635. The lowest BCUT2D eigenvalue weighted by Gasteiger charge is -2.25. The first-order valence-corrected chi connectivity index (χ1v) is 18.6. The average Bonchev–Trinajstić information content (AvgIpc) is 2.97. The molecule has 228 valence electrons. The molecule has 0 fully saturated rings. The zero-order valence-electron chi connectivity index (χ0n) is 24.4. The normalized spacial score (nSPS) is 12.8. The van der Waals surface area contributed by atoms with Crippen molar-refractivity contribution in [2.75, 3.05) is 63.1 Å². The minimum absolute atomic E-state index is 0.0208. The Morgan fingerprint density at radius 3 is 1.23 bits per heavy atom. The van der Waals surface area contributed by atoms with Gasteiger partial charge in [0.25, 0.3) is 0 Å². The molecule has 0 aliphatic heterocycles. The van der Waals surface area contributed by atoms with E-state index >= 15 is 0 Å². The van der Waals surface area contributed by atoms with Crippen molar-refractivity contribution in [1.82, 2.24) is 13.7 Å². The molecule has 0 amide bonds. The number of hydrogen-bond acceptors (Lipinski definition) is 12. The Bertz CT molecular complexity index is 1010. The molecule has 0 atom stereocenters. The second-order valence-electron chi connectivity index (χ2n) is 8.68. The van der Waals surface area contributed by atoms with Gasteiger partial charge in [0.1, 0.15) is 0 Å². The summed E-state index contributed by atoms with van der Waals surface area (Å²) in [4.78, 5) is 40.0. The van der Waals surface area contributed by atoms with Gasteiger partial charge >= 0.3 is 43.2 Å². The van der Waals surface area contributed by atoms with E-state index in [-0.39, 0.29) is 31.9 Å². The van der Waals surface area contributed by atoms with Crippen molar-refractivity contribution < 1.29 is 40.5 Å². The Kier molecular flexibility index (Phi) is 15.4. The molecule has 0 unspecified atom stereocenters. The van der Waals surface area contributed by atoms with E-state index in [1.807, 2.05) is 0 Å². The summed E-state index contributed by atoms with van der Waals surface area (Å²) in [5.74, 6) is 0. The van der Waals surface area contributed by atoms with Gasteiger partial charge in [0.2, 0.25) is 0 Å². The quantitative estimate of drug-likeness (QED) is 0.138. The molecule has 39 heavy (non-hydrogen) atoms. The van der Waals surface area contributed by atoms with Crippen molar-refractivity contribution in [3.8, 4) is 0 Å². The number of rotatable bonds is 21. The smallest absolute Gasteiger partial charge is 0.396 e. The number of aliphatic hydroxyl groups excluding tert-OH is 1. The van der Waals surface area contributed by atoms with Crippen LogP contribution >= 0.6 is 0 Å². The highest BCUT2D eigenvalue weighted by molar-refractivity contribution is 6.67. The molecule has 1 heterocycles. The molecule has 1 aromatic rings. The van der Waals surface area contributed by atoms with Crippen LogP contribution in [0.5, 0.6) is 0 Å². The summed E-state index contributed by atoms with van der Waals surface area (Å²) in [6, 6.07) is 0.969. The van der Waals surface area contributed by atoms with Gasteiger partial charge in [0, 0.05) is 94.6 Å². The Balaban J connectivity index is 3.36. The van der Waals surface area contributed by atoms with Gasteiger partial charge in [-0.25, -0.2) is 28.1 Å². The molecule has 18 heteroatoms. The summed E-state index contributed by atoms with van der Waals surface area (Å²) < 4.78 is 46.5. The third-order valence-corrected chi connectivity index (χ3v) is 15.6. The highest BCUT2D eigenvalue weighted by Crippen LogP contribution is 2.17. The van der Waals surface area contributed by atoms with Crippen LogP contribution in [-0.2, 0) is 55.0 Å². The van der Waals surface area contributed by atoms with Gasteiger partial charge in [-0.2, -0.15) is 0 Å². The van der Waals surface area contributed by atoms with Crippen LogP contribution in [0.15, 0.2) is 14.4 Å². The fraction of sp³-hybridized carbons (Fsp3) is 0.857. The van der Waals surface area contributed by atoms with Crippen LogP contribution in [0.2, 0.25) is 18.1 Å². The first-order chi connectivity index (χ1) is 18.6.